The van der Waals surface area contributed by atoms with Crippen molar-refractivity contribution in [2.24, 2.45) is 11.8 Å². The van der Waals surface area contributed by atoms with Gasteiger partial charge in [0, 0.05) is 18.0 Å². The van der Waals surface area contributed by atoms with Crippen LogP contribution in [0.15, 0.2) is 42.5 Å². The first-order valence-corrected chi connectivity index (χ1v) is 10.6. The number of Topliss-reactive ketones (excluding diaryl/α,β-unsaturated/α-hetero) is 1. The summed E-state index contributed by atoms with van der Waals surface area (Å²) >= 11 is 0. The lowest BCUT2D eigenvalue weighted by Gasteiger charge is -2.22. The van der Waals surface area contributed by atoms with E-state index in [4.69, 9.17) is 9.47 Å². The van der Waals surface area contributed by atoms with Crippen LogP contribution in [0.1, 0.15) is 47.7 Å². The van der Waals surface area contributed by atoms with Crippen molar-refractivity contribution in [3.8, 4) is 11.5 Å². The van der Waals surface area contributed by atoms with Gasteiger partial charge in [0.05, 0.1) is 14.2 Å². The van der Waals surface area contributed by atoms with Gasteiger partial charge >= 0.3 is 0 Å². The third-order valence-corrected chi connectivity index (χ3v) is 6.12. The SMILES string of the molecule is CCC(CCN(C)Cc1ccccc1)CC1Cc2cc(OC)c(OC)cc2C1=O. The van der Waals surface area contributed by atoms with E-state index in [1.807, 2.05) is 12.1 Å². The van der Waals surface area contributed by atoms with E-state index in [0.717, 1.165) is 49.9 Å². The van der Waals surface area contributed by atoms with Crippen LogP contribution in [0.5, 0.6) is 11.5 Å². The Balaban J connectivity index is 1.57. The molecule has 0 amide bonds. The first-order valence-electron chi connectivity index (χ1n) is 10.6. The Bertz CT molecular complexity index is 818. The second kappa shape index (κ2) is 9.93. The molecule has 0 heterocycles. The summed E-state index contributed by atoms with van der Waals surface area (Å²) in [7, 11) is 5.42. The molecule has 1 aliphatic carbocycles. The molecule has 4 nitrogen and oxygen atoms in total. The molecule has 156 valence electrons. The highest BCUT2D eigenvalue weighted by Gasteiger charge is 2.33. The van der Waals surface area contributed by atoms with Crippen LogP contribution in [0.4, 0.5) is 0 Å². The molecule has 0 N–H and O–H groups in total. The highest BCUT2D eigenvalue weighted by Crippen LogP contribution is 2.39. The topological polar surface area (TPSA) is 38.8 Å². The number of fused-ring (bicyclic) bond motifs is 1. The number of ether oxygens (including phenoxy) is 2. The Morgan fingerprint density at radius 1 is 1.10 bits per heavy atom. The van der Waals surface area contributed by atoms with Crippen molar-refractivity contribution in [3.63, 3.8) is 0 Å². The summed E-state index contributed by atoms with van der Waals surface area (Å²) in [5, 5.41) is 0. The molecule has 2 aromatic carbocycles. The van der Waals surface area contributed by atoms with Crippen molar-refractivity contribution < 1.29 is 14.3 Å². The molecule has 0 bridgehead atoms. The molecular weight excluding hydrogens is 362 g/mol. The first-order chi connectivity index (χ1) is 14.0. The minimum absolute atomic E-state index is 0.0752. The molecule has 0 fully saturated rings. The molecule has 0 radical (unpaired) electrons. The maximum atomic E-state index is 13.0. The van der Waals surface area contributed by atoms with Crippen LogP contribution in [0.3, 0.4) is 0 Å². The van der Waals surface area contributed by atoms with Crippen molar-refractivity contribution >= 4 is 5.78 Å². The smallest absolute Gasteiger partial charge is 0.166 e. The third kappa shape index (κ3) is 5.18. The van der Waals surface area contributed by atoms with Crippen LogP contribution in [0.2, 0.25) is 0 Å². The van der Waals surface area contributed by atoms with Crippen LogP contribution in [-0.4, -0.2) is 38.5 Å². The Morgan fingerprint density at radius 2 is 1.79 bits per heavy atom. The van der Waals surface area contributed by atoms with Gasteiger partial charge in [-0.2, -0.15) is 0 Å². The maximum Gasteiger partial charge on any atom is 0.166 e. The Hall–Kier alpha value is -2.33. The molecule has 0 spiro atoms. The number of benzene rings is 2. The van der Waals surface area contributed by atoms with Crippen LogP contribution in [0, 0.1) is 11.8 Å². The Labute approximate surface area is 174 Å². The number of carbonyl (C=O) groups excluding carboxylic acids is 1. The standard InChI is InChI=1S/C25H33NO3/c1-5-18(11-12-26(2)17-19-9-7-6-8-10-19)13-21-14-20-15-23(28-3)24(29-4)16-22(20)25(21)27/h6-10,15-16,18,21H,5,11-14,17H2,1-4H3. The first kappa shape index (κ1) is 21.4. The molecule has 2 aromatic rings. The van der Waals surface area contributed by atoms with E-state index in [0.29, 0.717) is 17.4 Å². The summed E-state index contributed by atoms with van der Waals surface area (Å²) < 4.78 is 10.8. The predicted octanol–water partition coefficient (Wildman–Crippen LogP) is 5.00. The number of nitrogens with zero attached hydrogens (tertiary/aromatic N) is 1. The van der Waals surface area contributed by atoms with Crippen molar-refractivity contribution in [1.29, 1.82) is 0 Å². The van der Waals surface area contributed by atoms with E-state index in [2.05, 4.69) is 49.2 Å². The average molecular weight is 396 g/mol. The van der Waals surface area contributed by atoms with Crippen molar-refractivity contribution in [2.45, 2.75) is 39.2 Å². The zero-order chi connectivity index (χ0) is 20.8. The molecular formula is C25H33NO3. The second-order valence-electron chi connectivity index (χ2n) is 8.15. The number of hydrogen-bond acceptors (Lipinski definition) is 4. The molecule has 29 heavy (non-hydrogen) atoms. The third-order valence-electron chi connectivity index (χ3n) is 6.12. The van der Waals surface area contributed by atoms with Crippen LogP contribution in [0.25, 0.3) is 0 Å². The summed E-state index contributed by atoms with van der Waals surface area (Å²) in [5.74, 6) is 2.23. The molecule has 0 aromatic heterocycles. The number of ketones is 1. The van der Waals surface area contributed by atoms with Gasteiger partial charge in [-0.15, -0.1) is 0 Å². The lowest BCUT2D eigenvalue weighted by molar-refractivity contribution is 0.0914. The van der Waals surface area contributed by atoms with Gasteiger partial charge in [0.25, 0.3) is 0 Å². The number of carbonyl (C=O) groups is 1. The summed E-state index contributed by atoms with van der Waals surface area (Å²) in [6.45, 7) is 4.24. The van der Waals surface area contributed by atoms with E-state index >= 15 is 0 Å². The summed E-state index contributed by atoms with van der Waals surface area (Å²) in [6.07, 6.45) is 3.98. The minimum Gasteiger partial charge on any atom is -0.493 e. The van der Waals surface area contributed by atoms with Gasteiger partial charge in [0.2, 0.25) is 0 Å². The van der Waals surface area contributed by atoms with Gasteiger partial charge in [-0.25, -0.2) is 0 Å². The van der Waals surface area contributed by atoms with Gasteiger partial charge in [-0.1, -0.05) is 43.7 Å². The van der Waals surface area contributed by atoms with Gasteiger partial charge in [0.15, 0.2) is 17.3 Å². The fraction of sp³-hybridized carbons (Fsp3) is 0.480. The summed E-state index contributed by atoms with van der Waals surface area (Å²) in [5.41, 5.74) is 3.24. The Morgan fingerprint density at radius 3 is 2.45 bits per heavy atom. The van der Waals surface area contributed by atoms with Crippen LogP contribution < -0.4 is 9.47 Å². The zero-order valence-corrected chi connectivity index (χ0v) is 18.1. The molecule has 4 heteroatoms. The van der Waals surface area contributed by atoms with E-state index in [-0.39, 0.29) is 11.7 Å². The monoisotopic (exact) mass is 395 g/mol. The van der Waals surface area contributed by atoms with E-state index in [1.54, 1.807) is 14.2 Å². The van der Waals surface area contributed by atoms with Gasteiger partial charge in [-0.3, -0.25) is 4.79 Å². The van der Waals surface area contributed by atoms with Crippen LogP contribution in [-0.2, 0) is 13.0 Å². The Kier molecular flexibility index (Phi) is 7.32. The van der Waals surface area contributed by atoms with Gasteiger partial charge < -0.3 is 14.4 Å². The summed E-state index contributed by atoms with van der Waals surface area (Å²) in [4.78, 5) is 15.4. The quantitative estimate of drug-likeness (QED) is 0.568. The number of hydrogen-bond donors (Lipinski definition) is 0. The zero-order valence-electron chi connectivity index (χ0n) is 18.1. The lowest BCUT2D eigenvalue weighted by atomic mass is 9.87. The molecule has 3 rings (SSSR count). The fourth-order valence-electron chi connectivity index (χ4n) is 4.36. The highest BCUT2D eigenvalue weighted by molar-refractivity contribution is 6.02. The molecule has 1 aliphatic rings. The number of methoxy groups -OCH3 is 2. The molecule has 2 atom stereocenters. The van der Waals surface area contributed by atoms with E-state index in [1.165, 1.54) is 5.56 Å². The molecule has 2 unspecified atom stereocenters. The summed E-state index contributed by atoms with van der Waals surface area (Å²) in [6, 6.07) is 14.4. The van der Waals surface area contributed by atoms with E-state index < -0.39 is 0 Å². The normalized spacial score (nSPS) is 16.7. The maximum absolute atomic E-state index is 13.0. The van der Waals surface area contributed by atoms with Gasteiger partial charge in [-0.05, 0) is 62.0 Å². The largest absolute Gasteiger partial charge is 0.493 e. The van der Waals surface area contributed by atoms with Crippen molar-refractivity contribution in [1.82, 2.24) is 4.90 Å². The van der Waals surface area contributed by atoms with E-state index in [9.17, 15) is 4.79 Å². The fourth-order valence-corrected chi connectivity index (χ4v) is 4.36. The highest BCUT2D eigenvalue weighted by atomic mass is 16.5. The molecule has 0 saturated carbocycles. The molecule has 0 saturated heterocycles. The van der Waals surface area contributed by atoms with Crippen molar-refractivity contribution in [2.75, 3.05) is 27.8 Å². The average Bonchev–Trinajstić information content (AvgIpc) is 3.05. The minimum atomic E-state index is 0.0752. The molecule has 0 aliphatic heterocycles. The van der Waals surface area contributed by atoms with Gasteiger partial charge in [0.1, 0.15) is 0 Å². The van der Waals surface area contributed by atoms with Crippen LogP contribution >= 0.6 is 0 Å². The predicted molar refractivity (Wildman–Crippen MR) is 117 cm³/mol. The second-order valence-corrected chi connectivity index (χ2v) is 8.15. The lowest BCUT2D eigenvalue weighted by Crippen LogP contribution is -2.23. The van der Waals surface area contributed by atoms with Crippen molar-refractivity contribution in [3.05, 3.63) is 59.2 Å². The number of rotatable bonds is 10.